The maximum atomic E-state index is 14.9. The van der Waals surface area contributed by atoms with Gasteiger partial charge in [0.1, 0.15) is 58.6 Å². The minimum Gasteiger partial charge on any atom is -0.507 e. The van der Waals surface area contributed by atoms with Gasteiger partial charge in [0.15, 0.2) is 12.4 Å². The highest BCUT2D eigenvalue weighted by atomic mass is 16.7. The number of aromatic nitrogens is 2. The zero-order valence-corrected chi connectivity index (χ0v) is 46.4. The molecule has 6 heterocycles. The summed E-state index contributed by atoms with van der Waals surface area (Å²) in [6.07, 6.45) is 4.84. The number of methoxy groups -OCH3 is 1. The number of ether oxygens (including phenoxy) is 7. The van der Waals surface area contributed by atoms with Gasteiger partial charge in [-0.3, -0.25) is 28.7 Å². The number of imidazole rings is 1. The van der Waals surface area contributed by atoms with E-state index in [1.54, 1.807) is 69.0 Å². The second-order valence-electron chi connectivity index (χ2n) is 21.6. The number of Topliss-reactive ketones (excluding diaryl/α,β-unsaturated/α-hetero) is 1. The van der Waals surface area contributed by atoms with Crippen LogP contribution in [-0.2, 0) is 46.5 Å². The molecule has 1 aromatic heterocycles. The van der Waals surface area contributed by atoms with Gasteiger partial charge < -0.3 is 73.9 Å². The lowest BCUT2D eigenvalue weighted by molar-refractivity contribution is -0.389. The van der Waals surface area contributed by atoms with Crippen LogP contribution in [-0.4, -0.2) is 139 Å². The van der Waals surface area contributed by atoms with Crippen molar-refractivity contribution in [3.05, 3.63) is 104 Å². The van der Waals surface area contributed by atoms with Crippen LogP contribution in [0, 0.1) is 40.7 Å². The highest BCUT2D eigenvalue weighted by molar-refractivity contribution is 6.21. The van der Waals surface area contributed by atoms with E-state index < -0.39 is 93.6 Å². The van der Waals surface area contributed by atoms with Crippen molar-refractivity contribution >= 4 is 45.8 Å². The van der Waals surface area contributed by atoms with Gasteiger partial charge in [0.25, 0.3) is 17.6 Å². The number of hydrogen-bond acceptors (Lipinski definition) is 20. The number of benzene rings is 3. The molecule has 4 bridgehead atoms. The first-order chi connectivity index (χ1) is 38.4. The summed E-state index contributed by atoms with van der Waals surface area (Å²) < 4.78 is 43.0. The fourth-order valence-electron chi connectivity index (χ4n) is 11.1. The maximum absolute atomic E-state index is 14.9. The summed E-state index contributed by atoms with van der Waals surface area (Å²) in [5, 5.41) is 61.6. The molecule has 1 saturated heterocycles. The molecule has 0 unspecified atom stereocenters. The SMILES string of the molecule is CO[C@H]1/C=C/O[C@@]2(C)Oc3c(C)c(O)c4c(O)c(c5c(c4c3C2=O)NC2(CCN(C(=O)COc3ccc(CO[C@@H]4COc6nc([N+](=O)[O-])cn6C4)cc3)CC2)N=5)=NC(=O)/C(C)=C\C=C\[C@H](C)[C@H](O)[C@@H](C)[C@@H](O)[C@@H](C)[C@H](OC(C)=O)[C@@H]1C. The van der Waals surface area contributed by atoms with Crippen LogP contribution in [0.2, 0.25) is 0 Å². The summed E-state index contributed by atoms with van der Waals surface area (Å²) in [6, 6.07) is 7.18. The average Bonchev–Trinajstić information content (AvgIpc) is 2.54. The number of nitrogens with one attached hydrogen (secondary N) is 1. The van der Waals surface area contributed by atoms with Gasteiger partial charge >= 0.3 is 23.6 Å². The molecular weight excluding hydrogens is 1050 g/mol. The van der Waals surface area contributed by atoms with Gasteiger partial charge in [0, 0.05) is 92.1 Å². The van der Waals surface area contributed by atoms with Crippen molar-refractivity contribution in [1.82, 2.24) is 14.5 Å². The summed E-state index contributed by atoms with van der Waals surface area (Å²) in [5.74, 6) is -8.01. The normalized spacial score (nSPS) is 28.7. The number of nitrogens with zero attached hydrogens (tertiary/aromatic N) is 6. The summed E-state index contributed by atoms with van der Waals surface area (Å²) in [4.78, 5) is 80.7. The van der Waals surface area contributed by atoms with Crippen molar-refractivity contribution in [2.24, 2.45) is 33.7 Å². The van der Waals surface area contributed by atoms with E-state index in [0.29, 0.717) is 12.3 Å². The lowest BCUT2D eigenvalue weighted by Gasteiger charge is -2.38. The number of rotatable bonds is 9. The Kier molecular flexibility index (Phi) is 16.3. The Morgan fingerprint density at radius 3 is 2.36 bits per heavy atom. The minimum absolute atomic E-state index is 0.0271. The van der Waals surface area contributed by atoms with Gasteiger partial charge in [-0.15, -0.1) is 0 Å². The van der Waals surface area contributed by atoms with E-state index in [4.69, 9.17) is 38.2 Å². The highest BCUT2D eigenvalue weighted by Crippen LogP contribution is 2.51. The smallest absolute Gasteiger partial charge is 0.414 e. The fourth-order valence-corrected chi connectivity index (χ4v) is 11.1. The molecule has 5 aliphatic heterocycles. The highest BCUT2D eigenvalue weighted by Gasteiger charge is 2.51. The van der Waals surface area contributed by atoms with Gasteiger partial charge in [0.2, 0.25) is 0 Å². The molecule has 1 fully saturated rings. The van der Waals surface area contributed by atoms with E-state index in [0.717, 1.165) is 5.56 Å². The Bertz CT molecular complexity index is 3390. The molecule has 5 N–H and O–H groups in total. The number of fused-ring (bicyclic) bond motifs is 2. The first-order valence-corrected chi connectivity index (χ1v) is 26.7. The maximum Gasteiger partial charge on any atom is 0.414 e. The summed E-state index contributed by atoms with van der Waals surface area (Å²) in [5.41, 5.74) is -0.0109. The second kappa shape index (κ2) is 22.9. The molecule has 9 rings (SSSR count). The summed E-state index contributed by atoms with van der Waals surface area (Å²) in [6.45, 7) is 13.4. The number of aromatic hydroxyl groups is 2. The molecule has 3 aromatic carbocycles. The van der Waals surface area contributed by atoms with Crippen LogP contribution < -0.4 is 30.2 Å². The molecule has 2 amide bonds. The van der Waals surface area contributed by atoms with E-state index in [1.807, 2.05) is 0 Å². The second-order valence-corrected chi connectivity index (χ2v) is 21.6. The molecule has 5 aliphatic rings. The molecule has 0 saturated carbocycles. The third-order valence-electron chi connectivity index (χ3n) is 16.0. The fraction of sp³-hybridized carbons (Fsp3) is 0.491. The third-order valence-corrected chi connectivity index (χ3v) is 16.0. The molecule has 1 spiro atoms. The lowest BCUT2D eigenvalue weighted by atomic mass is 9.78. The van der Waals surface area contributed by atoms with E-state index >= 15 is 0 Å². The number of piperidine rings is 1. The van der Waals surface area contributed by atoms with Gasteiger partial charge in [-0.2, -0.15) is 0 Å². The van der Waals surface area contributed by atoms with Gasteiger partial charge in [0.05, 0.1) is 54.4 Å². The number of aliphatic hydroxyl groups excluding tert-OH is 2. The number of amides is 2. The number of carbonyl (C=O) groups excluding carboxylic acids is 4. The number of anilines is 1. The number of aliphatic hydroxyl groups is 2. The van der Waals surface area contributed by atoms with E-state index in [2.05, 4.69) is 15.3 Å². The van der Waals surface area contributed by atoms with Crippen LogP contribution in [0.25, 0.3) is 10.8 Å². The van der Waals surface area contributed by atoms with E-state index in [1.165, 1.54) is 64.0 Å². The quantitative estimate of drug-likeness (QED) is 0.0651. The number of allylic oxidation sites excluding steroid dienone is 2. The van der Waals surface area contributed by atoms with Crippen molar-refractivity contribution in [3.8, 4) is 29.0 Å². The zero-order chi connectivity index (χ0) is 58.4. The molecule has 24 heteroatoms. The largest absolute Gasteiger partial charge is 0.507 e. The predicted octanol–water partition coefficient (Wildman–Crippen LogP) is 4.78. The average molecular weight is 1120 g/mol. The zero-order valence-electron chi connectivity index (χ0n) is 46.4. The van der Waals surface area contributed by atoms with Crippen LogP contribution in [0.5, 0.6) is 29.0 Å². The molecular formula is C57H67N7O17. The number of likely N-dealkylation sites (tertiary alicyclic amines) is 1. The van der Waals surface area contributed by atoms with E-state index in [9.17, 15) is 49.7 Å². The third kappa shape index (κ3) is 11.3. The van der Waals surface area contributed by atoms with Crippen LogP contribution >= 0.6 is 0 Å². The van der Waals surface area contributed by atoms with Crippen LogP contribution in [0.15, 0.2) is 76.6 Å². The molecule has 0 radical (unpaired) electrons. The first-order valence-electron chi connectivity index (χ1n) is 26.7. The molecule has 4 aromatic rings. The van der Waals surface area contributed by atoms with Crippen molar-refractivity contribution in [1.29, 1.82) is 0 Å². The number of hydrogen-bond donors (Lipinski definition) is 5. The Labute approximate surface area is 465 Å². The van der Waals surface area contributed by atoms with Crippen LogP contribution in [0.4, 0.5) is 11.5 Å². The summed E-state index contributed by atoms with van der Waals surface area (Å²) >= 11 is 0. The van der Waals surface area contributed by atoms with Crippen LogP contribution in [0.1, 0.15) is 82.8 Å². The van der Waals surface area contributed by atoms with Crippen LogP contribution in [0.3, 0.4) is 0 Å². The standard InChI is InChI=1S/C57H67N7O17/c1-28-11-10-12-29(2)54(72)59-46-45-44(60-57(61-45)18-20-62(21-19-57)40(66)27-77-36-15-13-35(14-16-36)25-76-37-23-63-24-39(64(73)74)58-55(63)78-26-37)41-42(50(46)70)49(69)33(6)52-43(41)53(71)56(8,81-52)79-22-17-38(75-9)30(3)51(80-34(7)65)32(5)48(68)31(4)47(28)67/h10-17,22,24,28,30-32,37-38,47-48,51,60,67-70H,18-21,23,25-27H2,1-9H3/b11-10+,22-17+,29-12-,59-46?/t28-,30+,31+,32+,37-,38-,47-,48+,51+,56-/m0/s1. The van der Waals surface area contributed by atoms with Gasteiger partial charge in [-0.05, 0) is 42.5 Å². The number of ketones is 1. The molecule has 24 nitrogen and oxygen atoms in total. The topological polar surface area (TPSA) is 315 Å². The van der Waals surface area contributed by atoms with Crippen molar-refractivity contribution < 1.29 is 77.7 Å². The minimum atomic E-state index is -2.05. The van der Waals surface area contributed by atoms with Crippen molar-refractivity contribution in [3.63, 3.8) is 0 Å². The molecule has 81 heavy (non-hydrogen) atoms. The Morgan fingerprint density at radius 1 is 0.963 bits per heavy atom. The molecule has 432 valence electrons. The number of carbonyl (C=O) groups is 4. The Morgan fingerprint density at radius 2 is 1.68 bits per heavy atom. The molecule has 10 atom stereocenters. The number of phenols is 2. The van der Waals surface area contributed by atoms with Crippen molar-refractivity contribution in [2.45, 2.75) is 123 Å². The Balaban J connectivity index is 0.984. The Hall–Kier alpha value is -7.93. The number of nitro groups is 1. The van der Waals surface area contributed by atoms with Gasteiger partial charge in [-0.25, -0.2) is 4.99 Å². The predicted molar refractivity (Wildman–Crippen MR) is 288 cm³/mol. The summed E-state index contributed by atoms with van der Waals surface area (Å²) in [7, 11) is 1.44. The van der Waals surface area contributed by atoms with E-state index in [-0.39, 0.29) is 119 Å². The number of phenolic OH excluding ortho intramolecular Hbond substituents is 2. The van der Waals surface area contributed by atoms with Crippen molar-refractivity contribution in [2.75, 3.05) is 38.7 Å². The van der Waals surface area contributed by atoms with Gasteiger partial charge in [-0.1, -0.05) is 58.1 Å². The first kappa shape index (κ1) is 57.7. The number of esters is 1. The molecule has 0 aliphatic carbocycles. The monoisotopic (exact) mass is 1120 g/mol. The lowest BCUT2D eigenvalue weighted by Crippen LogP contribution is -2.49.